The molecule has 0 fully saturated rings. The first-order valence-corrected chi connectivity index (χ1v) is 11.3. The summed E-state index contributed by atoms with van der Waals surface area (Å²) < 4.78 is 2.13. The third-order valence-corrected chi connectivity index (χ3v) is 6.66. The van der Waals surface area contributed by atoms with E-state index in [1.54, 1.807) is 11.3 Å². The number of nitrogens with one attached hydrogen (secondary N) is 1. The van der Waals surface area contributed by atoms with Crippen molar-refractivity contribution in [1.82, 2.24) is 14.8 Å². The number of amides is 1. The minimum Gasteiger partial charge on any atom is -0.325 e. The van der Waals surface area contributed by atoms with Gasteiger partial charge in [0.15, 0.2) is 11.0 Å². The van der Waals surface area contributed by atoms with Crippen molar-refractivity contribution in [3.8, 4) is 11.4 Å². The van der Waals surface area contributed by atoms with Crippen LogP contribution in [0.1, 0.15) is 34.9 Å². The number of carbonyl (C=O) groups excluding carboxylic acids is 1. The number of thioether (sulfide) groups is 1. The average molecular weight is 415 g/mol. The number of thiophene rings is 1. The third-order valence-electron chi connectivity index (χ3n) is 4.68. The van der Waals surface area contributed by atoms with Gasteiger partial charge in [-0.25, -0.2) is 0 Å². The summed E-state index contributed by atoms with van der Waals surface area (Å²) in [6, 6.07) is 6.02. The third kappa shape index (κ3) is 4.47. The van der Waals surface area contributed by atoms with E-state index >= 15 is 0 Å². The van der Waals surface area contributed by atoms with E-state index in [1.165, 1.54) is 27.8 Å². The molecular formula is C21H26N4OS2. The Bertz CT molecular complexity index is 990. The number of carbonyl (C=O) groups is 1. The Morgan fingerprint density at radius 3 is 2.64 bits per heavy atom. The summed E-state index contributed by atoms with van der Waals surface area (Å²) in [4.78, 5) is 13.7. The number of aryl methyl sites for hydroxylation is 3. The Morgan fingerprint density at radius 1 is 1.21 bits per heavy atom. The fourth-order valence-corrected chi connectivity index (χ4v) is 4.65. The molecule has 0 unspecified atom stereocenters. The first-order chi connectivity index (χ1) is 13.4. The maximum Gasteiger partial charge on any atom is 0.234 e. The molecule has 2 aromatic heterocycles. The van der Waals surface area contributed by atoms with Crippen molar-refractivity contribution in [2.75, 3.05) is 11.1 Å². The van der Waals surface area contributed by atoms with Gasteiger partial charge in [0.05, 0.1) is 5.75 Å². The van der Waals surface area contributed by atoms with Crippen molar-refractivity contribution >= 4 is 34.7 Å². The largest absolute Gasteiger partial charge is 0.325 e. The van der Waals surface area contributed by atoms with Crippen molar-refractivity contribution in [2.24, 2.45) is 0 Å². The molecule has 28 heavy (non-hydrogen) atoms. The van der Waals surface area contributed by atoms with Crippen LogP contribution in [0.4, 0.5) is 5.69 Å². The van der Waals surface area contributed by atoms with Gasteiger partial charge in [0.2, 0.25) is 5.91 Å². The molecule has 1 N–H and O–H groups in total. The second-order valence-corrected chi connectivity index (χ2v) is 8.97. The van der Waals surface area contributed by atoms with E-state index < -0.39 is 0 Å². The molecule has 0 saturated heterocycles. The highest BCUT2D eigenvalue weighted by Crippen LogP contribution is 2.31. The van der Waals surface area contributed by atoms with Gasteiger partial charge in [-0.2, -0.15) is 0 Å². The molecule has 7 heteroatoms. The Kier molecular flexibility index (Phi) is 6.57. The first kappa shape index (κ1) is 20.6. The topological polar surface area (TPSA) is 59.8 Å². The lowest BCUT2D eigenvalue weighted by Gasteiger charge is -2.10. The Hall–Kier alpha value is -2.12. The van der Waals surface area contributed by atoms with Crippen LogP contribution in [0.25, 0.3) is 11.4 Å². The van der Waals surface area contributed by atoms with Crippen LogP contribution in [0.5, 0.6) is 0 Å². The first-order valence-electron chi connectivity index (χ1n) is 9.38. The van der Waals surface area contributed by atoms with Gasteiger partial charge in [-0.15, -0.1) is 21.5 Å². The quantitative estimate of drug-likeness (QED) is 0.527. The van der Waals surface area contributed by atoms with Gasteiger partial charge < -0.3 is 9.88 Å². The predicted molar refractivity (Wildman–Crippen MR) is 118 cm³/mol. The molecule has 148 valence electrons. The SMILES string of the molecule is CCCn1c(SCC(=O)Nc2ccc(C)cc2C)nnc1-c1csc(C)c1C. The summed E-state index contributed by atoms with van der Waals surface area (Å²) in [7, 11) is 0. The number of rotatable bonds is 7. The zero-order chi connectivity index (χ0) is 20.3. The van der Waals surface area contributed by atoms with E-state index in [-0.39, 0.29) is 5.91 Å². The minimum atomic E-state index is -0.0351. The van der Waals surface area contributed by atoms with Crippen LogP contribution < -0.4 is 5.32 Å². The molecule has 1 amide bonds. The fourth-order valence-electron chi connectivity index (χ4n) is 3.02. The van der Waals surface area contributed by atoms with Crippen molar-refractivity contribution in [2.45, 2.75) is 52.7 Å². The highest BCUT2D eigenvalue weighted by molar-refractivity contribution is 7.99. The highest BCUT2D eigenvalue weighted by atomic mass is 32.2. The van der Waals surface area contributed by atoms with Gasteiger partial charge in [0, 0.05) is 28.1 Å². The summed E-state index contributed by atoms with van der Waals surface area (Å²) in [5, 5.41) is 14.7. The molecule has 2 heterocycles. The molecule has 0 atom stereocenters. The molecule has 0 aliphatic rings. The van der Waals surface area contributed by atoms with E-state index in [0.717, 1.165) is 40.8 Å². The zero-order valence-electron chi connectivity index (χ0n) is 17.0. The number of benzene rings is 1. The van der Waals surface area contributed by atoms with Crippen molar-refractivity contribution < 1.29 is 4.79 Å². The average Bonchev–Trinajstić information content (AvgIpc) is 3.19. The van der Waals surface area contributed by atoms with Crippen molar-refractivity contribution in [3.63, 3.8) is 0 Å². The molecule has 3 aromatic rings. The fraction of sp³-hybridized carbons (Fsp3) is 0.381. The second kappa shape index (κ2) is 8.92. The highest BCUT2D eigenvalue weighted by Gasteiger charge is 2.18. The smallest absolute Gasteiger partial charge is 0.234 e. The minimum absolute atomic E-state index is 0.0351. The van der Waals surface area contributed by atoms with Crippen molar-refractivity contribution in [1.29, 1.82) is 0 Å². The zero-order valence-corrected chi connectivity index (χ0v) is 18.6. The molecule has 3 rings (SSSR count). The number of hydrogen-bond acceptors (Lipinski definition) is 5. The van der Waals surface area contributed by atoms with Crippen LogP contribution >= 0.6 is 23.1 Å². The Labute approximate surface area is 174 Å². The summed E-state index contributed by atoms with van der Waals surface area (Å²) in [5.74, 6) is 1.16. The maximum atomic E-state index is 12.4. The lowest BCUT2D eigenvalue weighted by Crippen LogP contribution is -2.15. The van der Waals surface area contributed by atoms with Crippen molar-refractivity contribution in [3.05, 3.63) is 45.1 Å². The van der Waals surface area contributed by atoms with Gasteiger partial charge in [0.1, 0.15) is 0 Å². The van der Waals surface area contributed by atoms with Gasteiger partial charge in [0.25, 0.3) is 0 Å². The van der Waals surface area contributed by atoms with Gasteiger partial charge in [-0.1, -0.05) is 36.4 Å². The summed E-state index contributed by atoms with van der Waals surface area (Å²) in [5.41, 5.74) is 5.49. The molecular weight excluding hydrogens is 388 g/mol. The number of nitrogens with zero attached hydrogens (tertiary/aromatic N) is 3. The van der Waals surface area contributed by atoms with Crippen LogP contribution in [0, 0.1) is 27.7 Å². The van der Waals surface area contributed by atoms with Gasteiger partial charge in [-0.05, 0) is 51.3 Å². The molecule has 0 spiro atoms. The lowest BCUT2D eigenvalue weighted by atomic mass is 10.1. The number of hydrogen-bond donors (Lipinski definition) is 1. The van der Waals surface area contributed by atoms with E-state index in [9.17, 15) is 4.79 Å². The van der Waals surface area contributed by atoms with E-state index in [0.29, 0.717) is 5.75 Å². The number of aromatic nitrogens is 3. The van der Waals surface area contributed by atoms with Crippen LogP contribution in [-0.4, -0.2) is 26.4 Å². The van der Waals surface area contributed by atoms with E-state index in [4.69, 9.17) is 0 Å². The van der Waals surface area contributed by atoms with Gasteiger partial charge >= 0.3 is 0 Å². The lowest BCUT2D eigenvalue weighted by molar-refractivity contribution is -0.113. The van der Waals surface area contributed by atoms with Gasteiger partial charge in [-0.3, -0.25) is 4.79 Å². The molecule has 5 nitrogen and oxygen atoms in total. The summed E-state index contributed by atoms with van der Waals surface area (Å²) in [6.45, 7) is 11.3. The van der Waals surface area contributed by atoms with Crippen LogP contribution in [0.15, 0.2) is 28.7 Å². The van der Waals surface area contributed by atoms with Crippen LogP contribution in [-0.2, 0) is 11.3 Å². The van der Waals surface area contributed by atoms with Crippen LogP contribution in [0.3, 0.4) is 0 Å². The van der Waals surface area contributed by atoms with E-state index in [2.05, 4.69) is 52.3 Å². The molecule has 0 bridgehead atoms. The van der Waals surface area contributed by atoms with E-state index in [1.807, 2.05) is 26.0 Å². The summed E-state index contributed by atoms with van der Waals surface area (Å²) in [6.07, 6.45) is 0.982. The molecule has 0 aliphatic carbocycles. The molecule has 1 aromatic carbocycles. The predicted octanol–water partition coefficient (Wildman–Crippen LogP) is 5.38. The van der Waals surface area contributed by atoms with Crippen LogP contribution in [0.2, 0.25) is 0 Å². The standard InChI is InChI=1S/C21H26N4OS2/c1-6-9-25-20(17-11-27-16(5)15(17)4)23-24-21(25)28-12-19(26)22-18-8-7-13(2)10-14(18)3/h7-8,10-11H,6,9,12H2,1-5H3,(H,22,26). The Morgan fingerprint density at radius 2 is 2.00 bits per heavy atom. The summed E-state index contributed by atoms with van der Waals surface area (Å²) >= 11 is 3.16. The molecule has 0 aliphatic heterocycles. The molecule has 0 radical (unpaired) electrons. The Balaban J connectivity index is 1.73. The normalized spacial score (nSPS) is 11.0. The molecule has 0 saturated carbocycles. The number of anilines is 1. The maximum absolute atomic E-state index is 12.4. The monoisotopic (exact) mass is 414 g/mol. The second-order valence-electron chi connectivity index (χ2n) is 6.94.